The minimum atomic E-state index is -3.67. The highest BCUT2D eigenvalue weighted by molar-refractivity contribution is 7.85. The zero-order valence-corrected chi connectivity index (χ0v) is 15.6. The van der Waals surface area contributed by atoms with E-state index in [1.54, 1.807) is 0 Å². The normalized spacial score (nSPS) is 14.6. The van der Waals surface area contributed by atoms with Crippen molar-refractivity contribution in [1.29, 1.82) is 0 Å². The molecule has 0 fully saturated rings. The highest BCUT2D eigenvalue weighted by Crippen LogP contribution is 2.29. The molecule has 3 rings (SSSR count). The lowest BCUT2D eigenvalue weighted by Crippen LogP contribution is -2.27. The van der Waals surface area contributed by atoms with E-state index < -0.39 is 10.1 Å². The van der Waals surface area contributed by atoms with Gasteiger partial charge in [0.15, 0.2) is 0 Å². The molecule has 0 atom stereocenters. The third-order valence-corrected chi connectivity index (χ3v) is 3.88. The van der Waals surface area contributed by atoms with Crippen LogP contribution >= 0.6 is 0 Å². The molecule has 0 amide bonds. The molecule has 0 saturated heterocycles. The molecule has 1 aromatic carbocycles. The largest absolute Gasteiger partial charge is 0.302 e. The maximum absolute atomic E-state index is 13.1. The van der Waals surface area contributed by atoms with Crippen LogP contribution in [0.1, 0.15) is 24.6 Å². The van der Waals surface area contributed by atoms with Gasteiger partial charge in [-0.05, 0) is 37.7 Å². The Morgan fingerprint density at radius 2 is 1.88 bits per heavy atom. The average molecular weight is 369 g/mol. The molecule has 0 unspecified atom stereocenters. The molecule has 0 aliphatic carbocycles. The lowest BCUT2D eigenvalue weighted by atomic mass is 10.0. The molecule has 6 nitrogen and oxygen atoms in total. The van der Waals surface area contributed by atoms with Gasteiger partial charge in [-0.3, -0.25) is 9.23 Å². The lowest BCUT2D eigenvalue weighted by molar-refractivity contribution is 0.307. The van der Waals surface area contributed by atoms with Crippen LogP contribution in [0.3, 0.4) is 0 Å². The monoisotopic (exact) mass is 369 g/mol. The van der Waals surface area contributed by atoms with E-state index >= 15 is 0 Å². The average Bonchev–Trinajstić information content (AvgIpc) is 2.85. The number of hydrogen-bond acceptors (Lipinski definition) is 4. The molecule has 8 heteroatoms. The molecular formula is C17H24FN3O3S. The number of hydrogen-bond donors (Lipinski definition) is 1. The second kappa shape index (κ2) is 8.07. The van der Waals surface area contributed by atoms with Crippen molar-refractivity contribution in [1.82, 2.24) is 14.7 Å². The summed E-state index contributed by atoms with van der Waals surface area (Å²) in [6.45, 7) is 5.12. The second-order valence-corrected chi connectivity index (χ2v) is 7.69. The highest BCUT2D eigenvalue weighted by atomic mass is 32.2. The molecule has 1 aliphatic rings. The number of aromatic nitrogens is 2. The Morgan fingerprint density at radius 1 is 1.28 bits per heavy atom. The van der Waals surface area contributed by atoms with Crippen LogP contribution in [0.15, 0.2) is 24.3 Å². The number of rotatable bonds is 3. The summed E-state index contributed by atoms with van der Waals surface area (Å²) in [6, 6.07) is 6.66. The third kappa shape index (κ3) is 5.62. The summed E-state index contributed by atoms with van der Waals surface area (Å²) in [7, 11) is -1.53. The molecule has 0 saturated carbocycles. The van der Waals surface area contributed by atoms with Crippen LogP contribution in [0.5, 0.6) is 0 Å². The van der Waals surface area contributed by atoms with Crippen LogP contribution in [0.2, 0.25) is 0 Å². The Morgan fingerprint density at radius 3 is 2.44 bits per heavy atom. The highest BCUT2D eigenvalue weighted by Gasteiger charge is 2.23. The Balaban J connectivity index is 0.000000399. The molecule has 25 heavy (non-hydrogen) atoms. The summed E-state index contributed by atoms with van der Waals surface area (Å²) >= 11 is 0. The van der Waals surface area contributed by atoms with Gasteiger partial charge in [0.1, 0.15) is 5.82 Å². The zero-order valence-electron chi connectivity index (χ0n) is 14.7. The molecule has 1 aliphatic heterocycles. The van der Waals surface area contributed by atoms with Gasteiger partial charge >= 0.3 is 0 Å². The number of benzene rings is 1. The summed E-state index contributed by atoms with van der Waals surface area (Å²) in [5, 5.41) is 4.78. The van der Waals surface area contributed by atoms with Gasteiger partial charge in [0.05, 0.1) is 11.9 Å². The summed E-state index contributed by atoms with van der Waals surface area (Å²) < 4.78 is 41.1. The number of fused-ring (bicyclic) bond motifs is 1. The van der Waals surface area contributed by atoms with Crippen LogP contribution in [0, 0.1) is 5.82 Å². The molecule has 2 aromatic rings. The van der Waals surface area contributed by atoms with Crippen LogP contribution < -0.4 is 0 Å². The van der Waals surface area contributed by atoms with Gasteiger partial charge in [-0.15, -0.1) is 0 Å². The molecule has 138 valence electrons. The van der Waals surface area contributed by atoms with E-state index in [0.717, 1.165) is 43.7 Å². The topological polar surface area (TPSA) is 75.4 Å². The molecule has 1 aromatic heterocycles. The fourth-order valence-electron chi connectivity index (χ4n) is 2.86. The van der Waals surface area contributed by atoms with E-state index in [0.29, 0.717) is 6.26 Å². The first kappa shape index (κ1) is 19.6. The Labute approximate surface area is 148 Å². The van der Waals surface area contributed by atoms with Crippen molar-refractivity contribution < 1.29 is 17.4 Å². The smallest absolute Gasteiger partial charge is 0.261 e. The van der Waals surface area contributed by atoms with Gasteiger partial charge in [-0.1, -0.05) is 6.92 Å². The molecule has 0 spiro atoms. The van der Waals surface area contributed by atoms with Crippen molar-refractivity contribution >= 4 is 10.1 Å². The van der Waals surface area contributed by atoms with Crippen molar-refractivity contribution in [2.24, 2.45) is 0 Å². The quantitative estimate of drug-likeness (QED) is 0.842. The molecule has 2 heterocycles. The first-order valence-corrected chi connectivity index (χ1v) is 9.99. The molecular weight excluding hydrogens is 345 g/mol. The Hall–Kier alpha value is -1.77. The van der Waals surface area contributed by atoms with Gasteiger partial charge in [0.25, 0.3) is 10.1 Å². The van der Waals surface area contributed by atoms with Crippen molar-refractivity contribution in [2.45, 2.75) is 32.9 Å². The Bertz CT molecular complexity index is 808. The molecule has 1 N–H and O–H groups in total. The summed E-state index contributed by atoms with van der Waals surface area (Å²) in [4.78, 5) is 2.31. The van der Waals surface area contributed by atoms with E-state index in [-0.39, 0.29) is 5.82 Å². The number of likely N-dealkylation sites (N-methyl/N-ethyl adjacent to an activating group) is 1. The summed E-state index contributed by atoms with van der Waals surface area (Å²) in [5.41, 5.74) is 4.68. The van der Waals surface area contributed by atoms with Gasteiger partial charge in [0, 0.05) is 42.9 Å². The van der Waals surface area contributed by atoms with Crippen molar-refractivity contribution in [2.75, 3.05) is 19.8 Å². The van der Waals surface area contributed by atoms with Crippen LogP contribution in [-0.2, 0) is 29.6 Å². The summed E-state index contributed by atoms with van der Waals surface area (Å²) in [6.07, 6.45) is 2.83. The first-order chi connectivity index (χ1) is 11.7. The second-order valence-electron chi connectivity index (χ2n) is 6.22. The predicted molar refractivity (Wildman–Crippen MR) is 95.4 cm³/mol. The first-order valence-electron chi connectivity index (χ1n) is 8.14. The van der Waals surface area contributed by atoms with Crippen molar-refractivity contribution in [3.05, 3.63) is 41.3 Å². The number of aryl methyl sites for hydroxylation is 1. The van der Waals surface area contributed by atoms with Crippen LogP contribution in [-0.4, -0.2) is 47.5 Å². The molecule has 0 radical (unpaired) electrons. The minimum absolute atomic E-state index is 0.201. The fraction of sp³-hybridized carbons (Fsp3) is 0.471. The van der Waals surface area contributed by atoms with E-state index in [1.807, 2.05) is 12.1 Å². The van der Waals surface area contributed by atoms with Gasteiger partial charge in [-0.2, -0.15) is 13.5 Å². The van der Waals surface area contributed by atoms with Crippen LogP contribution in [0.25, 0.3) is 11.3 Å². The predicted octanol–water partition coefficient (Wildman–Crippen LogP) is 2.59. The molecule has 0 bridgehead atoms. The van der Waals surface area contributed by atoms with E-state index in [4.69, 9.17) is 9.65 Å². The van der Waals surface area contributed by atoms with Gasteiger partial charge < -0.3 is 4.90 Å². The fourth-order valence-corrected chi connectivity index (χ4v) is 2.86. The van der Waals surface area contributed by atoms with Crippen molar-refractivity contribution in [3.63, 3.8) is 0 Å². The van der Waals surface area contributed by atoms with Gasteiger partial charge in [-0.25, -0.2) is 4.39 Å². The van der Waals surface area contributed by atoms with Gasteiger partial charge in [0.2, 0.25) is 0 Å². The standard InChI is InChI=1S/C16H20FN3.CH4O3S/c1-3-9-20-15-8-10-19(2)11-14(15)16(18-20)12-4-6-13(17)7-5-12;1-5(2,3)4/h4-7H,3,8-11H2,1-2H3;1H3,(H,2,3,4). The zero-order chi connectivity index (χ0) is 18.6. The lowest BCUT2D eigenvalue weighted by Gasteiger charge is -2.23. The Kier molecular flexibility index (Phi) is 6.31. The van der Waals surface area contributed by atoms with E-state index in [1.165, 1.54) is 23.4 Å². The summed E-state index contributed by atoms with van der Waals surface area (Å²) in [5.74, 6) is -0.201. The maximum Gasteiger partial charge on any atom is 0.261 e. The SMILES string of the molecule is CCCn1nc(-c2ccc(F)cc2)c2c1CCN(C)C2.CS(=O)(=O)O. The number of halogens is 1. The third-order valence-electron chi connectivity index (χ3n) is 3.88. The number of nitrogens with zero attached hydrogens (tertiary/aromatic N) is 3. The van der Waals surface area contributed by atoms with E-state index in [9.17, 15) is 12.8 Å². The van der Waals surface area contributed by atoms with Crippen LogP contribution in [0.4, 0.5) is 4.39 Å². The maximum atomic E-state index is 13.1. The van der Waals surface area contributed by atoms with Crippen molar-refractivity contribution in [3.8, 4) is 11.3 Å². The van der Waals surface area contributed by atoms with E-state index in [2.05, 4.69) is 23.6 Å². The minimum Gasteiger partial charge on any atom is -0.302 e.